The normalized spacial score (nSPS) is 10.9. The highest BCUT2D eigenvalue weighted by atomic mass is 16.5. The van der Waals surface area contributed by atoms with Crippen molar-refractivity contribution in [1.82, 2.24) is 4.98 Å². The molecule has 0 amide bonds. The molecule has 2 N–H and O–H groups in total. The molecule has 0 fully saturated rings. The number of pyridine rings is 1. The first-order valence-electron chi connectivity index (χ1n) is 9.62. The van der Waals surface area contributed by atoms with E-state index in [-0.39, 0.29) is 0 Å². The minimum atomic E-state index is 0.906. The number of hydrogen-bond acceptors (Lipinski definition) is 2. The summed E-state index contributed by atoms with van der Waals surface area (Å²) in [5.41, 5.74) is 6.41. The lowest BCUT2D eigenvalue weighted by Gasteiger charge is -2.12. The lowest BCUT2D eigenvalue weighted by Crippen LogP contribution is -2.80. The Morgan fingerprint density at radius 3 is 2.61 bits per heavy atom. The number of fused-ring (bicyclic) bond motifs is 1. The van der Waals surface area contributed by atoms with Crippen LogP contribution in [0.4, 0.5) is 0 Å². The van der Waals surface area contributed by atoms with E-state index in [9.17, 15) is 0 Å². The Hall–Kier alpha value is -3.17. The smallest absolute Gasteiger partial charge is 0.119 e. The first-order valence-corrected chi connectivity index (χ1v) is 9.62. The fourth-order valence-electron chi connectivity index (χ4n) is 3.73. The van der Waals surface area contributed by atoms with Gasteiger partial charge in [-0.1, -0.05) is 48.5 Å². The van der Waals surface area contributed by atoms with Gasteiger partial charge in [0.1, 0.15) is 18.8 Å². The molecule has 1 heterocycles. The van der Waals surface area contributed by atoms with Crippen molar-refractivity contribution in [1.29, 1.82) is 0 Å². The third-order valence-corrected chi connectivity index (χ3v) is 5.22. The predicted octanol–water partition coefficient (Wildman–Crippen LogP) is 4.48. The van der Waals surface area contributed by atoms with Crippen LogP contribution >= 0.6 is 0 Å². The summed E-state index contributed by atoms with van der Waals surface area (Å²) in [6.07, 6.45) is 3.87. The first kappa shape index (κ1) is 18.2. The third kappa shape index (κ3) is 3.75. The maximum atomic E-state index is 5.32. The van der Waals surface area contributed by atoms with Gasteiger partial charge < -0.3 is 10.1 Å². The first-order chi connectivity index (χ1) is 13.8. The van der Waals surface area contributed by atoms with E-state index in [1.54, 1.807) is 7.11 Å². The summed E-state index contributed by atoms with van der Waals surface area (Å²) in [7, 11) is 1.71. The molecule has 0 bridgehead atoms. The summed E-state index contributed by atoms with van der Waals surface area (Å²) in [5, 5.41) is 4.81. The van der Waals surface area contributed by atoms with Crippen LogP contribution in [0, 0.1) is 6.92 Å². The Labute approximate surface area is 166 Å². The van der Waals surface area contributed by atoms with Crippen LogP contribution in [0.25, 0.3) is 21.9 Å². The molecular formula is C25H25N2O+. The molecule has 4 aromatic rings. The molecule has 0 radical (unpaired) electrons. The second kappa shape index (κ2) is 8.24. The number of benzene rings is 3. The van der Waals surface area contributed by atoms with Gasteiger partial charge in [-0.05, 0) is 47.2 Å². The Morgan fingerprint density at radius 1 is 0.857 bits per heavy atom. The van der Waals surface area contributed by atoms with Gasteiger partial charge in [-0.25, -0.2) is 0 Å². The van der Waals surface area contributed by atoms with E-state index in [4.69, 9.17) is 4.74 Å². The van der Waals surface area contributed by atoms with Crippen LogP contribution < -0.4 is 10.1 Å². The molecule has 0 saturated heterocycles. The second-order valence-corrected chi connectivity index (χ2v) is 7.06. The molecule has 0 atom stereocenters. The van der Waals surface area contributed by atoms with E-state index < -0.39 is 0 Å². The van der Waals surface area contributed by atoms with Crippen LogP contribution in [-0.2, 0) is 13.1 Å². The highest BCUT2D eigenvalue weighted by Crippen LogP contribution is 2.32. The average Bonchev–Trinajstić information content (AvgIpc) is 2.74. The van der Waals surface area contributed by atoms with Crippen molar-refractivity contribution in [2.75, 3.05) is 7.11 Å². The molecule has 140 valence electrons. The monoisotopic (exact) mass is 369 g/mol. The highest BCUT2D eigenvalue weighted by Gasteiger charge is 2.10. The lowest BCUT2D eigenvalue weighted by atomic mass is 9.94. The molecule has 3 heteroatoms. The quantitative estimate of drug-likeness (QED) is 0.544. The summed E-state index contributed by atoms with van der Waals surface area (Å²) in [6.45, 7) is 3.99. The summed E-state index contributed by atoms with van der Waals surface area (Å²) in [6, 6.07) is 23.4. The van der Waals surface area contributed by atoms with Gasteiger partial charge in [0.05, 0.1) is 7.11 Å². The molecule has 0 aliphatic heterocycles. The van der Waals surface area contributed by atoms with Crippen molar-refractivity contribution < 1.29 is 10.1 Å². The zero-order valence-electron chi connectivity index (χ0n) is 16.4. The number of quaternary nitrogens is 1. The molecule has 0 aliphatic carbocycles. The van der Waals surface area contributed by atoms with E-state index in [2.05, 4.69) is 71.8 Å². The standard InChI is InChI=1S/C25H24N2O/c1-18-6-3-4-9-22(18)23-11-10-20(25-17-26-13-12-24(23)25)16-27-15-19-7-5-8-21(14-19)28-2/h3-14,17,27H,15-16H2,1-2H3/p+1. The Morgan fingerprint density at radius 2 is 1.75 bits per heavy atom. The van der Waals surface area contributed by atoms with Gasteiger partial charge in [0.15, 0.2) is 0 Å². The molecule has 28 heavy (non-hydrogen) atoms. The van der Waals surface area contributed by atoms with Crippen molar-refractivity contribution in [3.05, 3.63) is 95.8 Å². The van der Waals surface area contributed by atoms with E-state index in [1.807, 2.05) is 24.5 Å². The van der Waals surface area contributed by atoms with Crippen molar-refractivity contribution in [2.24, 2.45) is 0 Å². The molecule has 0 unspecified atom stereocenters. The van der Waals surface area contributed by atoms with Gasteiger partial charge in [-0.15, -0.1) is 0 Å². The Kier molecular flexibility index (Phi) is 5.36. The summed E-state index contributed by atoms with van der Waals surface area (Å²) < 4.78 is 5.32. The Bertz CT molecular complexity index is 1100. The number of aryl methyl sites for hydroxylation is 1. The van der Waals surface area contributed by atoms with Gasteiger partial charge in [0, 0.05) is 28.9 Å². The van der Waals surface area contributed by atoms with Gasteiger partial charge in [0.25, 0.3) is 0 Å². The topological polar surface area (TPSA) is 38.7 Å². The zero-order chi connectivity index (χ0) is 19.3. The maximum absolute atomic E-state index is 5.32. The molecule has 0 spiro atoms. The SMILES string of the molecule is COc1cccc(C[NH2+]Cc2ccc(-c3ccccc3C)c3ccncc23)c1. The molecule has 1 aromatic heterocycles. The second-order valence-electron chi connectivity index (χ2n) is 7.06. The number of rotatable bonds is 6. The number of nitrogens with two attached hydrogens (primary N) is 1. The molecule has 0 aliphatic rings. The number of nitrogens with zero attached hydrogens (tertiary/aromatic N) is 1. The Balaban J connectivity index is 1.60. The average molecular weight is 369 g/mol. The number of ether oxygens (including phenoxy) is 1. The largest absolute Gasteiger partial charge is 0.497 e. The highest BCUT2D eigenvalue weighted by molar-refractivity contribution is 5.98. The van der Waals surface area contributed by atoms with Crippen molar-refractivity contribution in [3.8, 4) is 16.9 Å². The van der Waals surface area contributed by atoms with Crippen LogP contribution in [-0.4, -0.2) is 12.1 Å². The van der Waals surface area contributed by atoms with E-state index in [0.717, 1.165) is 18.8 Å². The molecule has 3 aromatic carbocycles. The van der Waals surface area contributed by atoms with E-state index in [0.29, 0.717) is 0 Å². The molecule has 0 saturated carbocycles. The number of aromatic nitrogens is 1. The van der Waals surface area contributed by atoms with Gasteiger partial charge in [-0.3, -0.25) is 4.98 Å². The molecule has 4 rings (SSSR count). The van der Waals surface area contributed by atoms with Crippen LogP contribution in [0.15, 0.2) is 79.1 Å². The third-order valence-electron chi connectivity index (χ3n) is 5.22. The fourth-order valence-corrected chi connectivity index (χ4v) is 3.73. The maximum Gasteiger partial charge on any atom is 0.119 e. The lowest BCUT2D eigenvalue weighted by molar-refractivity contribution is -0.686. The predicted molar refractivity (Wildman–Crippen MR) is 114 cm³/mol. The minimum absolute atomic E-state index is 0.906. The van der Waals surface area contributed by atoms with Gasteiger partial charge in [0.2, 0.25) is 0 Å². The van der Waals surface area contributed by atoms with Crippen LogP contribution in [0.3, 0.4) is 0 Å². The van der Waals surface area contributed by atoms with Crippen LogP contribution in [0.1, 0.15) is 16.7 Å². The van der Waals surface area contributed by atoms with Crippen molar-refractivity contribution in [2.45, 2.75) is 20.0 Å². The zero-order valence-corrected chi connectivity index (χ0v) is 16.4. The number of hydrogen-bond donors (Lipinski definition) is 1. The fraction of sp³-hybridized carbons (Fsp3) is 0.160. The summed E-state index contributed by atoms with van der Waals surface area (Å²) in [4.78, 5) is 4.39. The molecular weight excluding hydrogens is 344 g/mol. The van der Waals surface area contributed by atoms with E-state index >= 15 is 0 Å². The summed E-state index contributed by atoms with van der Waals surface area (Å²) in [5.74, 6) is 0.906. The summed E-state index contributed by atoms with van der Waals surface area (Å²) >= 11 is 0. The van der Waals surface area contributed by atoms with Crippen molar-refractivity contribution in [3.63, 3.8) is 0 Å². The van der Waals surface area contributed by atoms with Gasteiger partial charge >= 0.3 is 0 Å². The minimum Gasteiger partial charge on any atom is -0.497 e. The van der Waals surface area contributed by atoms with Crippen LogP contribution in [0.2, 0.25) is 0 Å². The van der Waals surface area contributed by atoms with E-state index in [1.165, 1.54) is 38.6 Å². The van der Waals surface area contributed by atoms with Crippen molar-refractivity contribution >= 4 is 10.8 Å². The molecule has 3 nitrogen and oxygen atoms in total. The van der Waals surface area contributed by atoms with Gasteiger partial charge in [-0.2, -0.15) is 0 Å². The van der Waals surface area contributed by atoms with Crippen LogP contribution in [0.5, 0.6) is 5.75 Å². The number of methoxy groups -OCH3 is 1.